The number of halogens is 1. The van der Waals surface area contributed by atoms with E-state index in [0.29, 0.717) is 6.42 Å². The van der Waals surface area contributed by atoms with Crippen molar-refractivity contribution >= 4 is 21.7 Å². The van der Waals surface area contributed by atoms with Crippen LogP contribution in [0.1, 0.15) is 32.9 Å². The Morgan fingerprint density at radius 1 is 1.26 bits per heavy atom. The van der Waals surface area contributed by atoms with Crippen LogP contribution in [-0.4, -0.2) is 15.6 Å². The lowest BCUT2D eigenvalue weighted by Gasteiger charge is -2.06. The fourth-order valence-corrected chi connectivity index (χ4v) is 2.52. The molecule has 4 heteroatoms. The first-order valence-corrected chi connectivity index (χ1v) is 6.98. The van der Waals surface area contributed by atoms with Crippen LogP contribution in [0, 0.1) is 20.8 Å². The molecule has 0 N–H and O–H groups in total. The number of carbonyl (C=O) groups excluding carboxylic acids is 1. The van der Waals surface area contributed by atoms with Crippen molar-refractivity contribution in [1.29, 1.82) is 0 Å². The SMILES string of the molecule is Cc1ccc(C(=O)Cc2c(Br)c(C)nn2C)cc1C. The van der Waals surface area contributed by atoms with Crippen LogP contribution in [0.5, 0.6) is 0 Å². The molecule has 0 radical (unpaired) electrons. The van der Waals surface area contributed by atoms with Gasteiger partial charge in [0.2, 0.25) is 0 Å². The third kappa shape index (κ3) is 2.78. The molecule has 2 rings (SSSR count). The summed E-state index contributed by atoms with van der Waals surface area (Å²) in [5.41, 5.74) is 4.93. The minimum absolute atomic E-state index is 0.117. The molecule has 0 aliphatic heterocycles. The summed E-state index contributed by atoms with van der Waals surface area (Å²) in [4.78, 5) is 12.3. The van der Waals surface area contributed by atoms with Gasteiger partial charge in [0.05, 0.1) is 22.3 Å². The minimum Gasteiger partial charge on any atom is -0.294 e. The van der Waals surface area contributed by atoms with Crippen molar-refractivity contribution in [3.8, 4) is 0 Å². The van der Waals surface area contributed by atoms with Crippen molar-refractivity contribution in [2.24, 2.45) is 7.05 Å². The van der Waals surface area contributed by atoms with Gasteiger partial charge in [0.25, 0.3) is 0 Å². The van der Waals surface area contributed by atoms with Gasteiger partial charge >= 0.3 is 0 Å². The fourth-order valence-electron chi connectivity index (χ4n) is 2.04. The van der Waals surface area contributed by atoms with Gasteiger partial charge in [0.1, 0.15) is 0 Å². The van der Waals surface area contributed by atoms with Crippen molar-refractivity contribution in [2.45, 2.75) is 27.2 Å². The van der Waals surface area contributed by atoms with Gasteiger partial charge in [-0.05, 0) is 53.9 Å². The van der Waals surface area contributed by atoms with Crippen molar-refractivity contribution in [2.75, 3.05) is 0 Å². The van der Waals surface area contributed by atoms with E-state index in [1.807, 2.05) is 46.0 Å². The number of ketones is 1. The number of rotatable bonds is 3. The Morgan fingerprint density at radius 3 is 2.47 bits per heavy atom. The van der Waals surface area contributed by atoms with E-state index in [1.54, 1.807) is 4.68 Å². The number of benzene rings is 1. The predicted octanol–water partition coefficient (Wildman–Crippen LogP) is 3.53. The van der Waals surface area contributed by atoms with Crippen molar-refractivity contribution in [1.82, 2.24) is 9.78 Å². The summed E-state index contributed by atoms with van der Waals surface area (Å²) in [7, 11) is 1.86. The van der Waals surface area contributed by atoms with Crippen LogP contribution >= 0.6 is 15.9 Å². The summed E-state index contributed by atoms with van der Waals surface area (Å²) in [5.74, 6) is 0.117. The van der Waals surface area contributed by atoms with Crippen LogP contribution in [0.4, 0.5) is 0 Å². The van der Waals surface area contributed by atoms with Crippen LogP contribution in [0.15, 0.2) is 22.7 Å². The lowest BCUT2D eigenvalue weighted by molar-refractivity contribution is 0.0990. The number of aryl methyl sites for hydroxylation is 4. The van der Waals surface area contributed by atoms with Gasteiger partial charge in [-0.25, -0.2) is 0 Å². The summed E-state index contributed by atoms with van der Waals surface area (Å²) in [6.45, 7) is 6.00. The molecular formula is C15H17BrN2O. The molecule has 0 fully saturated rings. The second-order valence-corrected chi connectivity index (χ2v) is 5.66. The molecule has 2 aromatic rings. The van der Waals surface area contributed by atoms with E-state index in [0.717, 1.165) is 27.0 Å². The Labute approximate surface area is 121 Å². The summed E-state index contributed by atoms with van der Waals surface area (Å²) in [5, 5.41) is 4.31. The third-order valence-electron chi connectivity index (χ3n) is 3.42. The molecule has 0 aliphatic rings. The van der Waals surface area contributed by atoms with Gasteiger partial charge in [-0.3, -0.25) is 9.48 Å². The van der Waals surface area contributed by atoms with E-state index in [4.69, 9.17) is 0 Å². The standard InChI is InChI=1S/C15H17BrN2O/c1-9-5-6-12(7-10(9)2)14(19)8-13-15(16)11(3)17-18(13)4/h5-7H,8H2,1-4H3. The molecule has 0 bridgehead atoms. The monoisotopic (exact) mass is 320 g/mol. The molecule has 0 spiro atoms. The zero-order valence-electron chi connectivity index (χ0n) is 11.6. The third-order valence-corrected chi connectivity index (χ3v) is 4.45. The van der Waals surface area contributed by atoms with Gasteiger partial charge in [0.15, 0.2) is 5.78 Å². The van der Waals surface area contributed by atoms with Crippen LogP contribution in [0.3, 0.4) is 0 Å². The van der Waals surface area contributed by atoms with Crippen molar-refractivity contribution in [3.63, 3.8) is 0 Å². The van der Waals surface area contributed by atoms with E-state index in [-0.39, 0.29) is 5.78 Å². The highest BCUT2D eigenvalue weighted by Gasteiger charge is 2.15. The van der Waals surface area contributed by atoms with Gasteiger partial charge < -0.3 is 0 Å². The number of carbonyl (C=O) groups is 1. The van der Waals surface area contributed by atoms with E-state index in [9.17, 15) is 4.79 Å². The molecule has 0 unspecified atom stereocenters. The fraction of sp³-hybridized carbons (Fsp3) is 0.333. The highest BCUT2D eigenvalue weighted by atomic mass is 79.9. The molecule has 1 heterocycles. The Morgan fingerprint density at radius 2 is 1.95 bits per heavy atom. The molecular weight excluding hydrogens is 304 g/mol. The topological polar surface area (TPSA) is 34.9 Å². The number of Topliss-reactive ketones (excluding diaryl/α,β-unsaturated/α-hetero) is 1. The smallest absolute Gasteiger partial charge is 0.168 e. The Balaban J connectivity index is 2.28. The van der Waals surface area contributed by atoms with Crippen molar-refractivity contribution < 1.29 is 4.79 Å². The maximum Gasteiger partial charge on any atom is 0.168 e. The average Bonchev–Trinajstić information content (AvgIpc) is 2.59. The first kappa shape index (κ1) is 14.0. The molecule has 0 aliphatic carbocycles. The quantitative estimate of drug-likeness (QED) is 0.811. The van der Waals surface area contributed by atoms with Crippen molar-refractivity contribution in [3.05, 3.63) is 50.8 Å². The normalized spacial score (nSPS) is 10.8. The number of aromatic nitrogens is 2. The number of nitrogens with zero attached hydrogens (tertiary/aromatic N) is 2. The zero-order chi connectivity index (χ0) is 14.2. The Bertz CT molecular complexity index is 644. The molecule has 0 amide bonds. The molecule has 0 saturated carbocycles. The molecule has 1 aromatic carbocycles. The van der Waals surface area contributed by atoms with Crippen LogP contribution in [0.25, 0.3) is 0 Å². The average molecular weight is 321 g/mol. The zero-order valence-corrected chi connectivity index (χ0v) is 13.2. The van der Waals surface area contributed by atoms with E-state index in [1.165, 1.54) is 5.56 Å². The maximum absolute atomic E-state index is 12.3. The number of hydrogen-bond acceptors (Lipinski definition) is 2. The molecule has 19 heavy (non-hydrogen) atoms. The van der Waals surface area contributed by atoms with Crippen LogP contribution < -0.4 is 0 Å². The lowest BCUT2D eigenvalue weighted by atomic mass is 10.0. The van der Waals surface area contributed by atoms with Gasteiger partial charge in [0, 0.05) is 12.6 Å². The summed E-state index contributed by atoms with van der Waals surface area (Å²) >= 11 is 3.49. The molecule has 1 aromatic heterocycles. The van der Waals surface area contributed by atoms with Gasteiger partial charge in [-0.15, -0.1) is 0 Å². The van der Waals surface area contributed by atoms with Gasteiger partial charge in [-0.2, -0.15) is 5.10 Å². The summed E-state index contributed by atoms with van der Waals surface area (Å²) in [6, 6.07) is 5.84. The van der Waals surface area contributed by atoms with Crippen LogP contribution in [-0.2, 0) is 13.5 Å². The largest absolute Gasteiger partial charge is 0.294 e. The Kier molecular flexibility index (Phi) is 3.90. The molecule has 100 valence electrons. The Hall–Kier alpha value is -1.42. The van der Waals surface area contributed by atoms with E-state index < -0.39 is 0 Å². The summed E-state index contributed by atoms with van der Waals surface area (Å²) < 4.78 is 2.69. The van der Waals surface area contributed by atoms with E-state index >= 15 is 0 Å². The van der Waals surface area contributed by atoms with Gasteiger partial charge in [-0.1, -0.05) is 12.1 Å². The highest BCUT2D eigenvalue weighted by molar-refractivity contribution is 9.10. The lowest BCUT2D eigenvalue weighted by Crippen LogP contribution is -2.08. The highest BCUT2D eigenvalue weighted by Crippen LogP contribution is 2.22. The first-order valence-electron chi connectivity index (χ1n) is 6.18. The molecule has 0 saturated heterocycles. The molecule has 3 nitrogen and oxygen atoms in total. The second kappa shape index (κ2) is 5.29. The molecule has 0 atom stereocenters. The minimum atomic E-state index is 0.117. The summed E-state index contributed by atoms with van der Waals surface area (Å²) in [6.07, 6.45) is 0.362. The van der Waals surface area contributed by atoms with E-state index in [2.05, 4.69) is 21.0 Å². The maximum atomic E-state index is 12.3. The number of hydrogen-bond donors (Lipinski definition) is 0. The predicted molar refractivity (Wildman–Crippen MR) is 79.6 cm³/mol. The second-order valence-electron chi connectivity index (χ2n) is 4.87. The first-order chi connectivity index (χ1) is 8.90. The van der Waals surface area contributed by atoms with Crippen LogP contribution in [0.2, 0.25) is 0 Å².